The van der Waals surface area contributed by atoms with Gasteiger partial charge in [0.15, 0.2) is 0 Å². The van der Waals surface area contributed by atoms with Crippen LogP contribution in [-0.2, 0) is 6.42 Å². The van der Waals surface area contributed by atoms with Crippen LogP contribution in [0, 0.1) is 0 Å². The molecule has 0 aliphatic carbocycles. The van der Waals surface area contributed by atoms with Crippen molar-refractivity contribution >= 4 is 38.9 Å². The van der Waals surface area contributed by atoms with Crippen LogP contribution in [0.2, 0.25) is 0 Å². The standard InChI is InChI=1S/C10H15BrClNS/c1-13(5-2-4-12)6-3-10-7-9(11)8-14-10/h7-8H,2-6H2,1H3. The molecule has 0 fully saturated rings. The lowest BCUT2D eigenvalue weighted by Gasteiger charge is -2.14. The highest BCUT2D eigenvalue weighted by Crippen LogP contribution is 2.20. The first kappa shape index (κ1) is 12.5. The van der Waals surface area contributed by atoms with Gasteiger partial charge in [-0.2, -0.15) is 0 Å². The van der Waals surface area contributed by atoms with Crippen molar-refractivity contribution in [3.8, 4) is 0 Å². The molecule has 1 aromatic rings. The molecule has 0 aliphatic rings. The van der Waals surface area contributed by atoms with E-state index in [-0.39, 0.29) is 0 Å². The zero-order valence-corrected chi connectivity index (χ0v) is 11.5. The lowest BCUT2D eigenvalue weighted by Crippen LogP contribution is -2.22. The summed E-state index contributed by atoms with van der Waals surface area (Å²) in [7, 11) is 2.15. The van der Waals surface area contributed by atoms with Crippen LogP contribution < -0.4 is 0 Å². The first-order chi connectivity index (χ1) is 6.72. The van der Waals surface area contributed by atoms with Gasteiger partial charge in [0.05, 0.1) is 0 Å². The summed E-state index contributed by atoms with van der Waals surface area (Å²) in [5, 5.41) is 2.13. The summed E-state index contributed by atoms with van der Waals surface area (Å²) < 4.78 is 1.20. The average Bonchev–Trinajstić information content (AvgIpc) is 2.58. The van der Waals surface area contributed by atoms with Gasteiger partial charge in [-0.15, -0.1) is 22.9 Å². The Morgan fingerprint density at radius 1 is 1.50 bits per heavy atom. The van der Waals surface area contributed by atoms with Crippen LogP contribution in [-0.4, -0.2) is 30.9 Å². The van der Waals surface area contributed by atoms with Gasteiger partial charge in [0, 0.05) is 27.2 Å². The summed E-state index contributed by atoms with van der Waals surface area (Å²) in [5.74, 6) is 0.759. The highest BCUT2D eigenvalue weighted by molar-refractivity contribution is 9.10. The minimum atomic E-state index is 0.759. The predicted molar refractivity (Wildman–Crippen MR) is 68.6 cm³/mol. The van der Waals surface area contributed by atoms with Crippen molar-refractivity contribution in [1.29, 1.82) is 0 Å². The molecule has 0 atom stereocenters. The van der Waals surface area contributed by atoms with Gasteiger partial charge >= 0.3 is 0 Å². The van der Waals surface area contributed by atoms with Gasteiger partial charge in [0.1, 0.15) is 0 Å². The third-order valence-corrected chi connectivity index (χ3v) is 4.06. The zero-order chi connectivity index (χ0) is 10.4. The number of hydrogen-bond acceptors (Lipinski definition) is 2. The molecule has 0 saturated heterocycles. The SMILES string of the molecule is CN(CCCCl)CCc1cc(Br)cs1. The zero-order valence-electron chi connectivity index (χ0n) is 8.30. The maximum absolute atomic E-state index is 5.64. The van der Waals surface area contributed by atoms with Crippen molar-refractivity contribution in [2.45, 2.75) is 12.8 Å². The predicted octanol–water partition coefficient (Wildman–Crippen LogP) is 3.61. The molecule has 0 saturated carbocycles. The number of hydrogen-bond donors (Lipinski definition) is 0. The molecule has 0 aliphatic heterocycles. The second-order valence-electron chi connectivity index (χ2n) is 3.33. The molecule has 0 radical (unpaired) electrons. The van der Waals surface area contributed by atoms with Crippen molar-refractivity contribution in [2.24, 2.45) is 0 Å². The van der Waals surface area contributed by atoms with E-state index in [9.17, 15) is 0 Å². The largest absolute Gasteiger partial charge is 0.306 e. The molecule has 1 rings (SSSR count). The molecular weight excluding hydrogens is 282 g/mol. The summed E-state index contributed by atoms with van der Waals surface area (Å²) in [6, 6.07) is 2.19. The summed E-state index contributed by atoms with van der Waals surface area (Å²) in [5.41, 5.74) is 0. The van der Waals surface area contributed by atoms with Crippen molar-refractivity contribution in [2.75, 3.05) is 26.0 Å². The first-order valence-electron chi connectivity index (χ1n) is 4.70. The second kappa shape index (κ2) is 6.83. The minimum Gasteiger partial charge on any atom is -0.306 e. The van der Waals surface area contributed by atoms with Gasteiger partial charge in [-0.1, -0.05) is 0 Å². The van der Waals surface area contributed by atoms with E-state index in [1.54, 1.807) is 0 Å². The normalized spacial score (nSPS) is 11.1. The Balaban J connectivity index is 2.20. The molecular formula is C10H15BrClNS. The Hall–Kier alpha value is 0.430. The van der Waals surface area contributed by atoms with Crippen LogP contribution >= 0.6 is 38.9 Å². The van der Waals surface area contributed by atoms with E-state index in [1.165, 1.54) is 9.35 Å². The second-order valence-corrected chi connectivity index (χ2v) is 5.62. The fourth-order valence-electron chi connectivity index (χ4n) is 1.23. The molecule has 14 heavy (non-hydrogen) atoms. The first-order valence-corrected chi connectivity index (χ1v) is 6.90. The molecule has 0 unspecified atom stereocenters. The average molecular weight is 297 g/mol. The lowest BCUT2D eigenvalue weighted by molar-refractivity contribution is 0.341. The van der Waals surface area contributed by atoms with Gasteiger partial charge < -0.3 is 4.90 Å². The molecule has 1 aromatic heterocycles. The van der Waals surface area contributed by atoms with Crippen LogP contribution in [0.15, 0.2) is 15.9 Å². The van der Waals surface area contributed by atoms with Crippen molar-refractivity contribution in [3.63, 3.8) is 0 Å². The molecule has 4 heteroatoms. The molecule has 1 heterocycles. The molecule has 80 valence electrons. The Morgan fingerprint density at radius 3 is 2.86 bits per heavy atom. The Morgan fingerprint density at radius 2 is 2.29 bits per heavy atom. The number of likely N-dealkylation sites (N-methyl/N-ethyl adjacent to an activating group) is 1. The fourth-order valence-corrected chi connectivity index (χ4v) is 2.79. The molecule has 0 spiro atoms. The number of thiophene rings is 1. The monoisotopic (exact) mass is 295 g/mol. The van der Waals surface area contributed by atoms with Crippen molar-refractivity contribution in [3.05, 3.63) is 20.8 Å². The molecule has 0 amide bonds. The van der Waals surface area contributed by atoms with Crippen LogP contribution in [0.3, 0.4) is 0 Å². The minimum absolute atomic E-state index is 0.759. The summed E-state index contributed by atoms with van der Waals surface area (Å²) in [6.07, 6.45) is 2.21. The van der Waals surface area contributed by atoms with E-state index in [4.69, 9.17) is 11.6 Å². The van der Waals surface area contributed by atoms with Crippen molar-refractivity contribution < 1.29 is 0 Å². The van der Waals surface area contributed by atoms with Crippen LogP contribution in [0.5, 0.6) is 0 Å². The molecule has 1 nitrogen and oxygen atoms in total. The number of alkyl halides is 1. The highest BCUT2D eigenvalue weighted by Gasteiger charge is 2.01. The number of rotatable bonds is 6. The lowest BCUT2D eigenvalue weighted by atomic mass is 10.3. The Kier molecular flexibility index (Phi) is 6.10. The molecule has 0 aromatic carbocycles. The van der Waals surface area contributed by atoms with Crippen LogP contribution in [0.25, 0.3) is 0 Å². The quantitative estimate of drug-likeness (QED) is 0.725. The van der Waals surface area contributed by atoms with Gasteiger partial charge in [-0.25, -0.2) is 0 Å². The van der Waals surface area contributed by atoms with E-state index >= 15 is 0 Å². The summed E-state index contributed by atoms with van der Waals surface area (Å²) in [4.78, 5) is 3.77. The van der Waals surface area contributed by atoms with E-state index in [0.717, 1.165) is 31.8 Å². The number of halogens is 2. The fraction of sp³-hybridized carbons (Fsp3) is 0.600. The third-order valence-electron chi connectivity index (χ3n) is 2.04. The van der Waals surface area contributed by atoms with E-state index in [2.05, 4.69) is 39.3 Å². The van der Waals surface area contributed by atoms with Gasteiger partial charge in [0.2, 0.25) is 0 Å². The van der Waals surface area contributed by atoms with E-state index in [0.29, 0.717) is 0 Å². The van der Waals surface area contributed by atoms with E-state index < -0.39 is 0 Å². The van der Waals surface area contributed by atoms with E-state index in [1.807, 2.05) is 11.3 Å². The van der Waals surface area contributed by atoms with Crippen LogP contribution in [0.4, 0.5) is 0 Å². The van der Waals surface area contributed by atoms with Gasteiger partial charge in [-0.3, -0.25) is 0 Å². The Labute approximate surface area is 103 Å². The summed E-state index contributed by atoms with van der Waals surface area (Å²) in [6.45, 7) is 2.21. The molecule has 0 bridgehead atoms. The van der Waals surface area contributed by atoms with Crippen LogP contribution in [0.1, 0.15) is 11.3 Å². The van der Waals surface area contributed by atoms with Crippen molar-refractivity contribution in [1.82, 2.24) is 4.90 Å². The highest BCUT2D eigenvalue weighted by atomic mass is 79.9. The smallest absolute Gasteiger partial charge is 0.0285 e. The Bertz CT molecular complexity index is 264. The number of nitrogens with zero attached hydrogens (tertiary/aromatic N) is 1. The maximum atomic E-state index is 5.64. The molecule has 0 N–H and O–H groups in total. The maximum Gasteiger partial charge on any atom is 0.0285 e. The summed E-state index contributed by atoms with van der Waals surface area (Å²) >= 11 is 10.9. The van der Waals surface area contributed by atoms with Gasteiger partial charge in [0.25, 0.3) is 0 Å². The third kappa shape index (κ3) is 4.78. The topological polar surface area (TPSA) is 3.24 Å². The van der Waals surface area contributed by atoms with Gasteiger partial charge in [-0.05, 0) is 48.4 Å².